The van der Waals surface area contributed by atoms with Crippen LogP contribution in [0.2, 0.25) is 10.0 Å². The second-order valence-electron chi connectivity index (χ2n) is 9.90. The van der Waals surface area contributed by atoms with Gasteiger partial charge in [0, 0.05) is 24.2 Å². The maximum absolute atomic E-state index is 13.5. The van der Waals surface area contributed by atoms with Crippen LogP contribution >= 0.6 is 23.2 Å². The molecule has 0 radical (unpaired) electrons. The first-order chi connectivity index (χ1) is 16.5. The molecule has 1 aliphatic heterocycles. The quantitative estimate of drug-likeness (QED) is 0.454. The number of hydrogen-bond donors (Lipinski definition) is 2. The molecule has 35 heavy (non-hydrogen) atoms. The Morgan fingerprint density at radius 1 is 1.23 bits per heavy atom. The van der Waals surface area contributed by atoms with Crippen molar-refractivity contribution in [3.05, 3.63) is 58.1 Å². The fourth-order valence-electron chi connectivity index (χ4n) is 4.24. The smallest absolute Gasteiger partial charge is 0.407 e. The number of aliphatic hydroxyl groups excluding tert-OH is 1. The summed E-state index contributed by atoms with van der Waals surface area (Å²) in [6.07, 6.45) is 1.27. The number of nitrogens with zero attached hydrogens (tertiary/aromatic N) is 3. The van der Waals surface area contributed by atoms with Crippen molar-refractivity contribution in [1.82, 2.24) is 14.9 Å². The first-order valence-corrected chi connectivity index (χ1v) is 12.2. The van der Waals surface area contributed by atoms with E-state index in [1.54, 1.807) is 24.5 Å². The lowest BCUT2D eigenvalue weighted by atomic mass is 9.89. The molecule has 1 aromatic heterocycles. The van der Waals surface area contributed by atoms with Crippen LogP contribution in [0.3, 0.4) is 0 Å². The van der Waals surface area contributed by atoms with E-state index in [2.05, 4.69) is 10.3 Å². The van der Waals surface area contributed by atoms with Gasteiger partial charge in [0.25, 0.3) is 0 Å². The molecule has 0 aliphatic carbocycles. The van der Waals surface area contributed by atoms with E-state index < -0.39 is 18.2 Å². The normalized spacial score (nSPS) is 15.2. The highest BCUT2D eigenvalue weighted by Gasteiger charge is 2.31. The van der Waals surface area contributed by atoms with Crippen molar-refractivity contribution < 1.29 is 19.0 Å². The van der Waals surface area contributed by atoms with Gasteiger partial charge in [0.1, 0.15) is 11.9 Å². The average molecular weight is 523 g/mol. The van der Waals surface area contributed by atoms with E-state index >= 15 is 0 Å². The molecule has 2 atom stereocenters. The molecule has 4 rings (SSSR count). The Balaban J connectivity index is 1.43. The van der Waals surface area contributed by atoms with Crippen molar-refractivity contribution in [2.75, 3.05) is 24.6 Å². The Morgan fingerprint density at radius 2 is 1.97 bits per heavy atom. The molecule has 0 spiro atoms. The highest BCUT2D eigenvalue weighted by atomic mass is 35.5. The third-order valence-corrected chi connectivity index (χ3v) is 6.98. The summed E-state index contributed by atoms with van der Waals surface area (Å²) in [5, 5.41) is 13.5. The van der Waals surface area contributed by atoms with Crippen LogP contribution in [-0.2, 0) is 17.7 Å². The molecule has 0 bridgehead atoms. The van der Waals surface area contributed by atoms with Crippen LogP contribution in [0.5, 0.6) is 0 Å². The summed E-state index contributed by atoms with van der Waals surface area (Å²) in [4.78, 5) is 19.3. The minimum Gasteiger partial charge on any atom is -0.444 e. The van der Waals surface area contributed by atoms with E-state index in [0.717, 1.165) is 23.2 Å². The highest BCUT2D eigenvalue weighted by molar-refractivity contribution is 6.42. The average Bonchev–Trinajstić information content (AvgIpc) is 3.36. The Kier molecular flexibility index (Phi) is 7.45. The topological polar surface area (TPSA) is 79.6 Å². The Bertz CT molecular complexity index is 1230. The van der Waals surface area contributed by atoms with Gasteiger partial charge in [-0.15, -0.1) is 0 Å². The van der Waals surface area contributed by atoms with Crippen molar-refractivity contribution in [2.45, 2.75) is 45.9 Å². The van der Waals surface area contributed by atoms with Crippen LogP contribution in [0, 0.1) is 11.2 Å². The number of imidazole rings is 1. The van der Waals surface area contributed by atoms with Crippen LogP contribution in [0.25, 0.3) is 11.0 Å². The number of ether oxygens (including phenoxy) is 1. The molecule has 0 fully saturated rings. The largest absolute Gasteiger partial charge is 0.444 e. The fourth-order valence-corrected chi connectivity index (χ4v) is 4.55. The van der Waals surface area contributed by atoms with E-state index in [9.17, 15) is 14.3 Å². The highest BCUT2D eigenvalue weighted by Crippen LogP contribution is 2.30. The first kappa shape index (κ1) is 25.5. The summed E-state index contributed by atoms with van der Waals surface area (Å²) in [5.41, 5.74) is 2.94. The summed E-state index contributed by atoms with van der Waals surface area (Å²) >= 11 is 12.3. The Hall–Kier alpha value is -2.55. The molecule has 3 aromatic rings. The number of anilines is 1. The number of aliphatic hydroxyl groups is 1. The summed E-state index contributed by atoms with van der Waals surface area (Å²) in [7, 11) is 0. The molecule has 7 nitrogen and oxygen atoms in total. The van der Waals surface area contributed by atoms with Crippen molar-refractivity contribution in [1.29, 1.82) is 0 Å². The summed E-state index contributed by atoms with van der Waals surface area (Å²) < 4.78 is 21.2. The van der Waals surface area contributed by atoms with Gasteiger partial charge < -0.3 is 24.6 Å². The first-order valence-electron chi connectivity index (χ1n) is 11.5. The van der Waals surface area contributed by atoms with Crippen LogP contribution < -0.4 is 10.2 Å². The number of alkyl carbamates (subject to hydrolysis) is 1. The van der Waals surface area contributed by atoms with E-state index in [0.29, 0.717) is 35.2 Å². The zero-order chi connectivity index (χ0) is 25.3. The number of hydrogen-bond acceptors (Lipinski definition) is 5. The van der Waals surface area contributed by atoms with Gasteiger partial charge in [-0.2, -0.15) is 0 Å². The Morgan fingerprint density at radius 3 is 2.69 bits per heavy atom. The van der Waals surface area contributed by atoms with Crippen LogP contribution in [0.15, 0.2) is 36.7 Å². The summed E-state index contributed by atoms with van der Waals surface area (Å²) in [6, 6.07) is 7.57. The van der Waals surface area contributed by atoms with Gasteiger partial charge in [0.15, 0.2) is 0 Å². The van der Waals surface area contributed by atoms with Gasteiger partial charge in [-0.3, -0.25) is 0 Å². The Labute approximate surface area is 213 Å². The van der Waals surface area contributed by atoms with Crippen molar-refractivity contribution in [3.63, 3.8) is 0 Å². The van der Waals surface area contributed by atoms with Gasteiger partial charge in [0.05, 0.1) is 46.6 Å². The number of benzene rings is 2. The molecule has 1 amide bonds. The molecule has 2 N–H and O–H groups in total. The maximum Gasteiger partial charge on any atom is 0.407 e. The zero-order valence-corrected chi connectivity index (χ0v) is 21.4. The molecule has 0 saturated heterocycles. The molecular formula is C25H29Cl2FN4O3. The third-order valence-electron chi connectivity index (χ3n) is 6.26. The number of aromatic nitrogens is 2. The number of halogens is 3. The molecular weight excluding hydrogens is 494 g/mol. The second kappa shape index (κ2) is 10.2. The van der Waals surface area contributed by atoms with Crippen molar-refractivity contribution in [3.8, 4) is 0 Å². The lowest BCUT2D eigenvalue weighted by Crippen LogP contribution is -2.48. The summed E-state index contributed by atoms with van der Waals surface area (Å²) in [5.74, 6) is -0.268. The lowest BCUT2D eigenvalue weighted by Gasteiger charge is -2.32. The number of amides is 1. The monoisotopic (exact) mass is 522 g/mol. The van der Waals surface area contributed by atoms with Crippen LogP contribution in [-0.4, -0.2) is 52.6 Å². The second-order valence-corrected chi connectivity index (χ2v) is 10.7. The van der Waals surface area contributed by atoms with E-state index in [1.165, 1.54) is 12.1 Å². The van der Waals surface area contributed by atoms with Gasteiger partial charge in [-0.1, -0.05) is 44.0 Å². The van der Waals surface area contributed by atoms with E-state index in [4.69, 9.17) is 27.9 Å². The lowest BCUT2D eigenvalue weighted by molar-refractivity contribution is 0.0185. The predicted octanol–water partition coefficient (Wildman–Crippen LogP) is 5.05. The van der Waals surface area contributed by atoms with Crippen LogP contribution in [0.4, 0.5) is 14.9 Å². The number of fused-ring (bicyclic) bond motifs is 2. The van der Waals surface area contributed by atoms with E-state index in [-0.39, 0.29) is 17.8 Å². The molecule has 1 aliphatic rings. The molecule has 0 saturated carbocycles. The SMILES string of the molecule is CC(C)(C)[C@@H](Cn1cnc2cc(Cl)c(Cl)cc21)OC(=O)N[C@@H](CO)CN1CCc2cc(F)ccc21. The maximum atomic E-state index is 13.5. The minimum absolute atomic E-state index is 0.256. The van der Waals surface area contributed by atoms with Crippen molar-refractivity contribution in [2.24, 2.45) is 5.41 Å². The van der Waals surface area contributed by atoms with Gasteiger partial charge in [-0.25, -0.2) is 14.2 Å². The molecule has 10 heteroatoms. The number of rotatable bonds is 7. The van der Waals surface area contributed by atoms with Gasteiger partial charge >= 0.3 is 6.09 Å². The summed E-state index contributed by atoms with van der Waals surface area (Å²) in [6.45, 7) is 7.13. The number of carbonyl (C=O) groups is 1. The molecule has 0 unspecified atom stereocenters. The zero-order valence-electron chi connectivity index (χ0n) is 19.9. The molecule has 188 valence electrons. The van der Waals surface area contributed by atoms with E-state index in [1.807, 2.05) is 30.2 Å². The van der Waals surface area contributed by atoms with Crippen LogP contribution in [0.1, 0.15) is 26.3 Å². The van der Waals surface area contributed by atoms with Gasteiger partial charge in [-0.05, 0) is 42.3 Å². The fraction of sp³-hybridized carbons (Fsp3) is 0.440. The molecule has 2 aromatic carbocycles. The number of nitrogens with one attached hydrogen (secondary N) is 1. The van der Waals surface area contributed by atoms with Gasteiger partial charge in [0.2, 0.25) is 0 Å². The third kappa shape index (κ3) is 5.82. The van der Waals surface area contributed by atoms with Crippen molar-refractivity contribution >= 4 is 46.0 Å². The standard InChI is InChI=1S/C25H29Cl2FN4O3/c1-25(2,3)23(12-32-14-29-20-9-18(26)19(27)10-22(20)32)35-24(34)30-17(13-33)11-31-7-6-15-8-16(28)4-5-21(15)31/h4-5,8-10,14,17,23,33H,6-7,11-13H2,1-3H3,(H,30,34)/t17-,23-/m1/s1. The molecule has 2 heterocycles. The minimum atomic E-state index is -0.618. The predicted molar refractivity (Wildman–Crippen MR) is 136 cm³/mol. The number of carbonyl (C=O) groups excluding carboxylic acids is 1.